The summed E-state index contributed by atoms with van der Waals surface area (Å²) in [6.45, 7) is 2.49. The second kappa shape index (κ2) is 3.60. The molecule has 7 nitrogen and oxygen atoms in total. The summed E-state index contributed by atoms with van der Waals surface area (Å²) < 4.78 is 1.52. The van der Waals surface area contributed by atoms with Crippen LogP contribution >= 0.6 is 0 Å². The maximum Gasteiger partial charge on any atom is 0.234 e. The first-order valence-electron chi connectivity index (χ1n) is 4.52. The number of carbonyl (C=O) groups excluding carboxylic acids is 1. The Morgan fingerprint density at radius 3 is 2.87 bits per heavy atom. The first-order valence-corrected chi connectivity index (χ1v) is 4.52. The highest BCUT2D eigenvalue weighted by atomic mass is 16.1. The average Bonchev–Trinajstić information content (AvgIpc) is 2.84. The molecule has 2 aromatic heterocycles. The molecule has 0 atom stereocenters. The molecule has 0 aliphatic heterocycles. The lowest BCUT2D eigenvalue weighted by molar-refractivity contribution is 0.102. The standard InChI is InChI=1S/C8H10N6O/c1-3-14-7(5-9-12-14)8(15)6-4-10-13(2)11-6/h4-5H,3H2,1-2H3. The van der Waals surface area contributed by atoms with E-state index >= 15 is 0 Å². The number of aryl methyl sites for hydroxylation is 2. The van der Waals surface area contributed by atoms with Gasteiger partial charge in [0.15, 0.2) is 5.69 Å². The van der Waals surface area contributed by atoms with Gasteiger partial charge in [-0.05, 0) is 6.92 Å². The molecule has 7 heteroatoms. The highest BCUT2D eigenvalue weighted by Gasteiger charge is 2.17. The first-order chi connectivity index (χ1) is 7.22. The van der Waals surface area contributed by atoms with Crippen molar-refractivity contribution in [1.82, 2.24) is 30.0 Å². The van der Waals surface area contributed by atoms with E-state index in [4.69, 9.17) is 0 Å². The quantitative estimate of drug-likeness (QED) is 0.642. The Morgan fingerprint density at radius 2 is 2.27 bits per heavy atom. The van der Waals surface area contributed by atoms with E-state index in [1.165, 1.54) is 21.9 Å². The van der Waals surface area contributed by atoms with E-state index in [9.17, 15) is 4.79 Å². The van der Waals surface area contributed by atoms with Crippen molar-refractivity contribution in [2.45, 2.75) is 13.5 Å². The van der Waals surface area contributed by atoms with Gasteiger partial charge in [0.05, 0.1) is 12.4 Å². The van der Waals surface area contributed by atoms with Gasteiger partial charge in [-0.2, -0.15) is 15.0 Å². The van der Waals surface area contributed by atoms with Crippen molar-refractivity contribution in [3.8, 4) is 0 Å². The number of nitrogens with zero attached hydrogens (tertiary/aromatic N) is 6. The Morgan fingerprint density at radius 1 is 1.47 bits per heavy atom. The molecule has 2 heterocycles. The molecule has 0 aromatic carbocycles. The third kappa shape index (κ3) is 1.63. The molecule has 0 bridgehead atoms. The molecule has 0 aliphatic carbocycles. The fourth-order valence-corrected chi connectivity index (χ4v) is 1.25. The predicted octanol–water partition coefficient (Wildman–Crippen LogP) is -0.343. The normalized spacial score (nSPS) is 10.5. The van der Waals surface area contributed by atoms with E-state index in [1.54, 1.807) is 7.05 Å². The van der Waals surface area contributed by atoms with Crippen molar-refractivity contribution in [3.63, 3.8) is 0 Å². The number of rotatable bonds is 3. The van der Waals surface area contributed by atoms with Crippen molar-refractivity contribution in [2.75, 3.05) is 0 Å². The van der Waals surface area contributed by atoms with Crippen molar-refractivity contribution in [2.24, 2.45) is 7.05 Å². The van der Waals surface area contributed by atoms with E-state index in [2.05, 4.69) is 20.5 Å². The number of hydrogen-bond donors (Lipinski definition) is 0. The number of ketones is 1. The molecule has 0 radical (unpaired) electrons. The second-order valence-electron chi connectivity index (χ2n) is 2.98. The highest BCUT2D eigenvalue weighted by Crippen LogP contribution is 2.04. The van der Waals surface area contributed by atoms with Gasteiger partial charge >= 0.3 is 0 Å². The Bertz CT molecular complexity index is 485. The summed E-state index contributed by atoms with van der Waals surface area (Å²) >= 11 is 0. The summed E-state index contributed by atoms with van der Waals surface area (Å²) in [6.07, 6.45) is 2.86. The van der Waals surface area contributed by atoms with Crippen LogP contribution in [0.4, 0.5) is 0 Å². The average molecular weight is 206 g/mol. The van der Waals surface area contributed by atoms with Gasteiger partial charge in [0.2, 0.25) is 5.78 Å². The zero-order valence-corrected chi connectivity index (χ0v) is 8.45. The van der Waals surface area contributed by atoms with Crippen LogP contribution in [0, 0.1) is 0 Å². The van der Waals surface area contributed by atoms with E-state index in [1.807, 2.05) is 6.92 Å². The molecule has 0 fully saturated rings. The van der Waals surface area contributed by atoms with E-state index < -0.39 is 0 Å². The van der Waals surface area contributed by atoms with Crippen LogP contribution in [-0.4, -0.2) is 35.8 Å². The summed E-state index contributed by atoms with van der Waals surface area (Å²) in [4.78, 5) is 13.2. The number of carbonyl (C=O) groups is 1. The van der Waals surface area contributed by atoms with Crippen LogP contribution in [-0.2, 0) is 13.6 Å². The fraction of sp³-hybridized carbons (Fsp3) is 0.375. The largest absolute Gasteiger partial charge is 0.285 e. The van der Waals surface area contributed by atoms with Gasteiger partial charge < -0.3 is 0 Å². The summed E-state index contributed by atoms with van der Waals surface area (Å²) in [5.41, 5.74) is 0.729. The molecule has 2 rings (SSSR count). The summed E-state index contributed by atoms with van der Waals surface area (Å²) in [5.74, 6) is -0.213. The zero-order valence-electron chi connectivity index (χ0n) is 8.45. The van der Waals surface area contributed by atoms with Crippen LogP contribution in [0.5, 0.6) is 0 Å². The van der Waals surface area contributed by atoms with Crippen LogP contribution in [0.25, 0.3) is 0 Å². The monoisotopic (exact) mass is 206 g/mol. The molecule has 2 aromatic rings. The minimum atomic E-state index is -0.213. The topological polar surface area (TPSA) is 78.5 Å². The van der Waals surface area contributed by atoms with Gasteiger partial charge in [0.1, 0.15) is 5.69 Å². The molecule has 15 heavy (non-hydrogen) atoms. The number of aromatic nitrogens is 6. The third-order valence-corrected chi connectivity index (χ3v) is 1.98. The first kappa shape index (κ1) is 9.50. The van der Waals surface area contributed by atoms with Crippen LogP contribution < -0.4 is 0 Å². The molecule has 0 amide bonds. The van der Waals surface area contributed by atoms with Gasteiger partial charge in [-0.25, -0.2) is 4.68 Å². The van der Waals surface area contributed by atoms with E-state index in [0.717, 1.165) is 0 Å². The molecule has 0 saturated carbocycles. The lowest BCUT2D eigenvalue weighted by Crippen LogP contribution is -2.11. The van der Waals surface area contributed by atoms with Gasteiger partial charge in [-0.1, -0.05) is 5.21 Å². The lowest BCUT2D eigenvalue weighted by Gasteiger charge is -1.98. The van der Waals surface area contributed by atoms with Crippen molar-refractivity contribution < 1.29 is 4.79 Å². The molecule has 0 N–H and O–H groups in total. The fourth-order valence-electron chi connectivity index (χ4n) is 1.25. The molecule has 0 aliphatic rings. The minimum absolute atomic E-state index is 0.213. The van der Waals surface area contributed by atoms with Gasteiger partial charge in [0, 0.05) is 13.6 Å². The Labute approximate surface area is 85.7 Å². The second-order valence-corrected chi connectivity index (χ2v) is 2.98. The number of hydrogen-bond acceptors (Lipinski definition) is 5. The lowest BCUT2D eigenvalue weighted by atomic mass is 10.2. The molecule has 0 saturated heterocycles. The van der Waals surface area contributed by atoms with Gasteiger partial charge in [-0.3, -0.25) is 4.79 Å². The maximum atomic E-state index is 11.9. The van der Waals surface area contributed by atoms with Crippen LogP contribution in [0.15, 0.2) is 12.4 Å². The zero-order chi connectivity index (χ0) is 10.8. The van der Waals surface area contributed by atoms with Crippen molar-refractivity contribution in [3.05, 3.63) is 23.8 Å². The molecule has 0 unspecified atom stereocenters. The SMILES string of the molecule is CCn1nncc1C(=O)c1cnn(C)n1. The van der Waals surface area contributed by atoms with Crippen LogP contribution in [0.3, 0.4) is 0 Å². The highest BCUT2D eigenvalue weighted by molar-refractivity contribution is 6.06. The predicted molar refractivity (Wildman–Crippen MR) is 50.1 cm³/mol. The Balaban J connectivity index is 2.36. The maximum absolute atomic E-state index is 11.9. The molecule has 78 valence electrons. The molecule has 0 spiro atoms. The molecular weight excluding hydrogens is 196 g/mol. The Kier molecular flexibility index (Phi) is 2.28. The van der Waals surface area contributed by atoms with E-state index in [-0.39, 0.29) is 5.78 Å². The van der Waals surface area contributed by atoms with Crippen molar-refractivity contribution in [1.29, 1.82) is 0 Å². The smallest absolute Gasteiger partial charge is 0.234 e. The van der Waals surface area contributed by atoms with Crippen molar-refractivity contribution >= 4 is 5.78 Å². The summed E-state index contributed by atoms with van der Waals surface area (Å²) in [7, 11) is 1.66. The third-order valence-electron chi connectivity index (χ3n) is 1.98. The van der Waals surface area contributed by atoms with Gasteiger partial charge in [-0.15, -0.1) is 5.10 Å². The molecular formula is C8H10N6O. The van der Waals surface area contributed by atoms with Crippen LogP contribution in [0.1, 0.15) is 23.1 Å². The Hall–Kier alpha value is -2.05. The van der Waals surface area contributed by atoms with Crippen LogP contribution in [0.2, 0.25) is 0 Å². The van der Waals surface area contributed by atoms with E-state index in [0.29, 0.717) is 17.9 Å². The summed E-state index contributed by atoms with van der Waals surface area (Å²) in [6, 6.07) is 0. The summed E-state index contributed by atoms with van der Waals surface area (Å²) in [5, 5.41) is 15.2. The van der Waals surface area contributed by atoms with Gasteiger partial charge in [0.25, 0.3) is 0 Å². The minimum Gasteiger partial charge on any atom is -0.285 e.